The lowest BCUT2D eigenvalue weighted by Crippen LogP contribution is -2.26. The maximum atomic E-state index is 14.5. The van der Waals surface area contributed by atoms with Crippen molar-refractivity contribution in [3.8, 4) is 22.9 Å². The molecule has 0 radical (unpaired) electrons. The summed E-state index contributed by atoms with van der Waals surface area (Å²) in [6, 6.07) is 9.58. The molecule has 1 atom stereocenters. The Morgan fingerprint density at radius 2 is 2.05 bits per heavy atom. The van der Waals surface area contributed by atoms with Gasteiger partial charge in [-0.25, -0.2) is 9.07 Å². The smallest absolute Gasteiger partial charge is 0.406 e. The predicted molar refractivity (Wildman–Crippen MR) is 136 cm³/mol. The van der Waals surface area contributed by atoms with Crippen LogP contribution in [0.15, 0.2) is 47.1 Å². The van der Waals surface area contributed by atoms with Gasteiger partial charge >= 0.3 is 5.82 Å². The third-order valence-corrected chi connectivity index (χ3v) is 6.36. The van der Waals surface area contributed by atoms with Crippen molar-refractivity contribution in [2.45, 2.75) is 52.5 Å². The first-order chi connectivity index (χ1) is 17.5. The van der Waals surface area contributed by atoms with E-state index < -0.39 is 22.7 Å². The fourth-order valence-corrected chi connectivity index (χ4v) is 4.74. The van der Waals surface area contributed by atoms with E-state index in [0.717, 1.165) is 11.4 Å². The lowest BCUT2D eigenvalue weighted by molar-refractivity contribution is -0.390. The number of ether oxygens (including phenoxy) is 2. The number of hydrogen-bond acceptors (Lipinski definition) is 7. The SMILES string of the molecule is Cc1cc(-c2cc(F)ccc2[C@H](C)Oc2cc(Br)cnc2[N+](=O)[O-])n(Cc2cc3n(n2)CC(C)(C)O3)n1. The third-order valence-electron chi connectivity index (χ3n) is 5.92. The zero-order chi connectivity index (χ0) is 26.5. The van der Waals surface area contributed by atoms with Crippen molar-refractivity contribution in [3.05, 3.63) is 80.0 Å². The first kappa shape index (κ1) is 24.9. The second-order valence-electron chi connectivity index (χ2n) is 9.55. The van der Waals surface area contributed by atoms with Gasteiger partial charge in [0.25, 0.3) is 0 Å². The number of nitro groups is 1. The molecule has 4 heterocycles. The number of hydrogen-bond donors (Lipinski definition) is 0. The van der Waals surface area contributed by atoms with Crippen molar-refractivity contribution in [2.75, 3.05) is 0 Å². The van der Waals surface area contributed by atoms with Crippen LogP contribution in [0.25, 0.3) is 11.3 Å². The number of pyridine rings is 1. The summed E-state index contributed by atoms with van der Waals surface area (Å²) in [4.78, 5) is 14.7. The maximum Gasteiger partial charge on any atom is 0.406 e. The fraction of sp³-hybridized carbons (Fsp3) is 0.320. The van der Waals surface area contributed by atoms with Gasteiger partial charge in [-0.05, 0) is 71.7 Å². The summed E-state index contributed by atoms with van der Waals surface area (Å²) in [6.45, 7) is 8.60. The van der Waals surface area contributed by atoms with Crippen molar-refractivity contribution in [1.29, 1.82) is 0 Å². The van der Waals surface area contributed by atoms with Crippen LogP contribution in [0.1, 0.15) is 43.8 Å². The average molecular weight is 571 g/mol. The molecule has 0 saturated carbocycles. The molecule has 0 unspecified atom stereocenters. The summed E-state index contributed by atoms with van der Waals surface area (Å²) < 4.78 is 30.5. The molecule has 0 N–H and O–H groups in total. The number of aromatic nitrogens is 5. The van der Waals surface area contributed by atoms with E-state index in [1.165, 1.54) is 24.4 Å². The lowest BCUT2D eigenvalue weighted by Gasteiger charge is -2.19. The van der Waals surface area contributed by atoms with Gasteiger partial charge in [-0.2, -0.15) is 10.2 Å². The maximum absolute atomic E-state index is 14.5. The molecular formula is C25H24BrFN6O4. The van der Waals surface area contributed by atoms with Crippen molar-refractivity contribution in [2.24, 2.45) is 0 Å². The minimum absolute atomic E-state index is 0.00212. The number of benzene rings is 1. The molecule has 0 spiro atoms. The van der Waals surface area contributed by atoms with Crippen molar-refractivity contribution < 1.29 is 18.8 Å². The van der Waals surface area contributed by atoms with E-state index >= 15 is 0 Å². The van der Waals surface area contributed by atoms with Gasteiger partial charge in [-0.1, -0.05) is 6.07 Å². The van der Waals surface area contributed by atoms with E-state index in [4.69, 9.17) is 9.47 Å². The molecule has 37 heavy (non-hydrogen) atoms. The fourth-order valence-electron chi connectivity index (χ4n) is 4.43. The van der Waals surface area contributed by atoms with Gasteiger partial charge in [0.1, 0.15) is 17.5 Å². The molecule has 12 heteroatoms. The highest BCUT2D eigenvalue weighted by atomic mass is 79.9. The second kappa shape index (κ2) is 9.25. The Labute approximate surface area is 220 Å². The van der Waals surface area contributed by atoms with E-state index in [1.807, 2.05) is 37.6 Å². The minimum Gasteiger partial charge on any atom is -0.478 e. The van der Waals surface area contributed by atoms with Crippen LogP contribution in [-0.4, -0.2) is 35.1 Å². The van der Waals surface area contributed by atoms with Crippen LogP contribution in [0.2, 0.25) is 0 Å². The van der Waals surface area contributed by atoms with Gasteiger partial charge in [0, 0.05) is 23.3 Å². The Bertz CT molecular complexity index is 1490. The standard InChI is InChI=1S/C25H24BrFN6O4/c1-14-7-21(31(29-14)12-18-10-23-32(30-18)13-25(3,4)37-23)20-9-17(27)5-6-19(20)15(2)36-22-8-16(26)11-28-24(22)33(34)35/h5-11,15H,12-13H2,1-4H3/t15-/m0/s1. The Balaban J connectivity index is 1.49. The zero-order valence-electron chi connectivity index (χ0n) is 20.6. The molecular weight excluding hydrogens is 547 g/mol. The topological polar surface area (TPSA) is 110 Å². The Kier molecular flexibility index (Phi) is 6.22. The predicted octanol–water partition coefficient (Wildman–Crippen LogP) is 5.62. The second-order valence-corrected chi connectivity index (χ2v) is 10.5. The van der Waals surface area contributed by atoms with E-state index in [9.17, 15) is 14.5 Å². The molecule has 1 aliphatic heterocycles. The summed E-state index contributed by atoms with van der Waals surface area (Å²) in [6.07, 6.45) is 0.666. The van der Waals surface area contributed by atoms with Gasteiger partial charge in [-0.3, -0.25) is 4.68 Å². The molecule has 0 fully saturated rings. The molecule has 192 valence electrons. The van der Waals surface area contributed by atoms with Gasteiger partial charge in [0.15, 0.2) is 6.20 Å². The highest BCUT2D eigenvalue weighted by Gasteiger charge is 2.32. The van der Waals surface area contributed by atoms with Crippen LogP contribution in [0.3, 0.4) is 0 Å². The zero-order valence-corrected chi connectivity index (χ0v) is 22.2. The van der Waals surface area contributed by atoms with Gasteiger partial charge in [0.2, 0.25) is 11.6 Å². The number of rotatable bonds is 7. The first-order valence-corrected chi connectivity index (χ1v) is 12.3. The number of aryl methyl sites for hydroxylation is 1. The van der Waals surface area contributed by atoms with Gasteiger partial charge in [0.05, 0.1) is 34.6 Å². The number of halogens is 2. The molecule has 10 nitrogen and oxygen atoms in total. The largest absolute Gasteiger partial charge is 0.478 e. The molecule has 1 aliphatic rings. The normalized spacial score (nSPS) is 14.8. The third kappa shape index (κ3) is 5.06. The number of nitrogens with zero attached hydrogens (tertiary/aromatic N) is 6. The van der Waals surface area contributed by atoms with E-state index in [-0.39, 0.29) is 11.4 Å². The minimum atomic E-state index is -0.666. The molecule has 3 aromatic heterocycles. The van der Waals surface area contributed by atoms with Gasteiger partial charge in [-0.15, -0.1) is 0 Å². The van der Waals surface area contributed by atoms with Crippen molar-refractivity contribution >= 4 is 21.7 Å². The summed E-state index contributed by atoms with van der Waals surface area (Å²) in [5.41, 5.74) is 3.05. The Morgan fingerprint density at radius 3 is 2.78 bits per heavy atom. The highest BCUT2D eigenvalue weighted by molar-refractivity contribution is 9.10. The number of fused-ring (bicyclic) bond motifs is 1. The van der Waals surface area contributed by atoms with Gasteiger partial charge < -0.3 is 19.6 Å². The monoisotopic (exact) mass is 570 g/mol. The molecule has 0 saturated heterocycles. The van der Waals surface area contributed by atoms with Crippen molar-refractivity contribution in [3.63, 3.8) is 0 Å². The van der Waals surface area contributed by atoms with Crippen LogP contribution < -0.4 is 9.47 Å². The van der Waals surface area contributed by atoms with Crippen LogP contribution in [0.5, 0.6) is 11.6 Å². The lowest BCUT2D eigenvalue weighted by atomic mass is 9.99. The summed E-state index contributed by atoms with van der Waals surface area (Å²) in [5.74, 6) is -0.133. The van der Waals surface area contributed by atoms with Crippen LogP contribution in [0, 0.1) is 22.9 Å². The van der Waals surface area contributed by atoms with E-state index in [0.29, 0.717) is 40.3 Å². The molecule has 4 aromatic rings. The molecule has 1 aromatic carbocycles. The van der Waals surface area contributed by atoms with E-state index in [1.54, 1.807) is 17.7 Å². The summed E-state index contributed by atoms with van der Waals surface area (Å²) in [7, 11) is 0. The van der Waals surface area contributed by atoms with E-state index in [2.05, 4.69) is 31.1 Å². The highest BCUT2D eigenvalue weighted by Crippen LogP contribution is 2.36. The molecule has 0 aliphatic carbocycles. The van der Waals surface area contributed by atoms with Crippen molar-refractivity contribution in [1.82, 2.24) is 24.5 Å². The summed E-state index contributed by atoms with van der Waals surface area (Å²) in [5, 5.41) is 20.7. The summed E-state index contributed by atoms with van der Waals surface area (Å²) >= 11 is 3.28. The average Bonchev–Trinajstić information content (AvgIpc) is 3.42. The Hall–Kier alpha value is -3.80. The molecule has 0 bridgehead atoms. The Morgan fingerprint density at radius 1 is 1.27 bits per heavy atom. The molecule has 5 rings (SSSR count). The van der Waals surface area contributed by atoms with Crippen LogP contribution >= 0.6 is 15.9 Å². The quantitative estimate of drug-likeness (QED) is 0.209. The van der Waals surface area contributed by atoms with Crippen LogP contribution in [0.4, 0.5) is 10.2 Å². The molecule has 0 amide bonds. The first-order valence-electron chi connectivity index (χ1n) is 11.6. The van der Waals surface area contributed by atoms with Crippen LogP contribution in [-0.2, 0) is 13.1 Å².